The number of phosphoric acid groups is 1. The summed E-state index contributed by atoms with van der Waals surface area (Å²) in [5.41, 5.74) is 0. The highest BCUT2D eigenvalue weighted by atomic mass is 31.2. The first kappa shape index (κ1) is 85.5. The molecule has 0 saturated heterocycles. The standard InChI is InChI=1S/C78H145N2O7P/c1-7-10-13-16-19-22-25-28-30-32-34-36-38-40-42-44-46-48-50-52-55-58-61-64-67-70-77(81)79-75(74-86-88(83,84)85-73-72-80(4,5)6)76(69-66-63-60-57-54-27-24-21-18-15-12-9-3)87-78(82)71-68-65-62-59-56-53-51-49-47-45-43-41-39-37-35-33-31-29-26-23-20-17-14-11-8-2/h19,22,28-31,34,36,40,42,66,69,75-76H,7-18,20-21,23-27,32-33,35,37-39,41,43-65,67-68,70-74H2,1-6H3,(H-,79,81,83,84)/p+1/b22-19-,30-28-,31-29+,36-34-,42-40-,69-66+. The fraction of sp³-hybridized carbons (Fsp3) is 0.821. The lowest BCUT2D eigenvalue weighted by atomic mass is 10.0. The van der Waals surface area contributed by atoms with Gasteiger partial charge in [-0.25, -0.2) is 4.57 Å². The van der Waals surface area contributed by atoms with Gasteiger partial charge in [0, 0.05) is 12.8 Å². The van der Waals surface area contributed by atoms with Crippen molar-refractivity contribution in [3.05, 3.63) is 72.9 Å². The third-order valence-electron chi connectivity index (χ3n) is 16.9. The minimum atomic E-state index is -4.46. The Bertz CT molecular complexity index is 1730. The van der Waals surface area contributed by atoms with Gasteiger partial charge in [0.05, 0.1) is 33.8 Å². The molecule has 0 aromatic heterocycles. The largest absolute Gasteiger partial charge is 0.472 e. The van der Waals surface area contributed by atoms with E-state index >= 15 is 0 Å². The van der Waals surface area contributed by atoms with Crippen LogP contribution in [-0.2, 0) is 27.9 Å². The smallest absolute Gasteiger partial charge is 0.456 e. The molecule has 514 valence electrons. The Kier molecular flexibility index (Phi) is 65.4. The van der Waals surface area contributed by atoms with E-state index in [0.29, 0.717) is 23.9 Å². The average Bonchev–Trinajstić information content (AvgIpc) is 3.71. The lowest BCUT2D eigenvalue weighted by molar-refractivity contribution is -0.870. The van der Waals surface area contributed by atoms with Gasteiger partial charge in [0.15, 0.2) is 0 Å². The highest BCUT2D eigenvalue weighted by Crippen LogP contribution is 2.43. The predicted molar refractivity (Wildman–Crippen MR) is 383 cm³/mol. The van der Waals surface area contributed by atoms with E-state index in [-0.39, 0.29) is 25.1 Å². The van der Waals surface area contributed by atoms with E-state index in [2.05, 4.69) is 86.8 Å². The van der Waals surface area contributed by atoms with E-state index in [1.54, 1.807) is 0 Å². The topological polar surface area (TPSA) is 111 Å². The molecule has 0 heterocycles. The molecule has 0 aliphatic carbocycles. The van der Waals surface area contributed by atoms with E-state index in [1.807, 2.05) is 33.3 Å². The normalized spacial score (nSPS) is 13.9. The van der Waals surface area contributed by atoms with Gasteiger partial charge in [-0.1, -0.05) is 319 Å². The molecule has 0 fully saturated rings. The fourth-order valence-electron chi connectivity index (χ4n) is 11.0. The van der Waals surface area contributed by atoms with Gasteiger partial charge in [-0.05, 0) is 102 Å². The van der Waals surface area contributed by atoms with E-state index in [1.165, 1.54) is 238 Å². The molecule has 0 spiro atoms. The summed E-state index contributed by atoms with van der Waals surface area (Å²) in [5.74, 6) is -0.499. The van der Waals surface area contributed by atoms with Crippen LogP contribution in [0, 0.1) is 0 Å². The maximum Gasteiger partial charge on any atom is 0.472 e. The van der Waals surface area contributed by atoms with Gasteiger partial charge in [-0.2, -0.15) is 0 Å². The van der Waals surface area contributed by atoms with Crippen LogP contribution in [0.15, 0.2) is 72.9 Å². The zero-order valence-electron chi connectivity index (χ0n) is 59.0. The highest BCUT2D eigenvalue weighted by Gasteiger charge is 2.30. The van der Waals surface area contributed by atoms with Crippen LogP contribution in [0.25, 0.3) is 0 Å². The first-order valence-corrected chi connectivity index (χ1v) is 39.3. The highest BCUT2D eigenvalue weighted by molar-refractivity contribution is 7.47. The van der Waals surface area contributed by atoms with Gasteiger partial charge in [0.25, 0.3) is 0 Å². The second-order valence-corrected chi connectivity index (χ2v) is 28.3. The van der Waals surface area contributed by atoms with Gasteiger partial charge in [0.2, 0.25) is 5.91 Å². The number of hydrogen-bond donors (Lipinski definition) is 2. The van der Waals surface area contributed by atoms with Crippen molar-refractivity contribution in [1.29, 1.82) is 0 Å². The number of carbonyl (C=O) groups excluding carboxylic acids is 2. The lowest BCUT2D eigenvalue weighted by Crippen LogP contribution is -2.47. The molecule has 0 aromatic carbocycles. The van der Waals surface area contributed by atoms with Crippen molar-refractivity contribution in [2.75, 3.05) is 40.9 Å². The number of hydrogen-bond acceptors (Lipinski definition) is 6. The molecule has 9 nitrogen and oxygen atoms in total. The van der Waals surface area contributed by atoms with Crippen molar-refractivity contribution in [3.8, 4) is 0 Å². The number of allylic oxidation sites excluding steroid dienone is 11. The van der Waals surface area contributed by atoms with Gasteiger partial charge in [-0.3, -0.25) is 18.6 Å². The molecule has 0 bridgehead atoms. The second kappa shape index (κ2) is 67.3. The van der Waals surface area contributed by atoms with Gasteiger partial charge in [0.1, 0.15) is 19.3 Å². The van der Waals surface area contributed by atoms with Crippen molar-refractivity contribution in [2.24, 2.45) is 0 Å². The summed E-state index contributed by atoms with van der Waals surface area (Å²) in [4.78, 5) is 38.0. The number of phosphoric ester groups is 1. The van der Waals surface area contributed by atoms with Crippen molar-refractivity contribution >= 4 is 19.7 Å². The average molecular weight is 1260 g/mol. The van der Waals surface area contributed by atoms with Crippen LogP contribution >= 0.6 is 7.82 Å². The third kappa shape index (κ3) is 67.8. The molecule has 0 aliphatic rings. The van der Waals surface area contributed by atoms with Crippen LogP contribution in [0.2, 0.25) is 0 Å². The second-order valence-electron chi connectivity index (χ2n) is 26.8. The Hall–Kier alpha value is -2.55. The Morgan fingerprint density at radius 1 is 0.398 bits per heavy atom. The summed E-state index contributed by atoms with van der Waals surface area (Å²) in [5, 5.41) is 3.08. The summed E-state index contributed by atoms with van der Waals surface area (Å²) in [7, 11) is 1.50. The molecule has 0 saturated carbocycles. The Labute approximate surface area is 546 Å². The van der Waals surface area contributed by atoms with E-state index < -0.39 is 20.0 Å². The Balaban J connectivity index is 5.00. The van der Waals surface area contributed by atoms with Crippen LogP contribution in [0.4, 0.5) is 0 Å². The summed E-state index contributed by atoms with van der Waals surface area (Å²) < 4.78 is 30.9. The first-order chi connectivity index (χ1) is 42.9. The molecule has 0 aromatic rings. The number of ether oxygens (including phenoxy) is 1. The maximum absolute atomic E-state index is 13.6. The van der Waals surface area contributed by atoms with Crippen LogP contribution < -0.4 is 5.32 Å². The molecule has 3 atom stereocenters. The summed E-state index contributed by atoms with van der Waals surface area (Å²) >= 11 is 0. The molecule has 3 unspecified atom stereocenters. The van der Waals surface area contributed by atoms with Crippen molar-refractivity contribution < 1.29 is 37.3 Å². The Morgan fingerprint density at radius 3 is 1.07 bits per heavy atom. The van der Waals surface area contributed by atoms with E-state index in [4.69, 9.17) is 13.8 Å². The van der Waals surface area contributed by atoms with Crippen LogP contribution in [0.1, 0.15) is 361 Å². The third-order valence-corrected chi connectivity index (χ3v) is 17.9. The monoisotopic (exact) mass is 1250 g/mol. The number of nitrogens with zero attached hydrogens (tertiary/aromatic N) is 1. The van der Waals surface area contributed by atoms with Gasteiger partial charge < -0.3 is 19.4 Å². The number of unbranched alkanes of at least 4 members (excludes halogenated alkanes) is 43. The van der Waals surface area contributed by atoms with Crippen LogP contribution in [0.3, 0.4) is 0 Å². The van der Waals surface area contributed by atoms with Crippen LogP contribution in [0.5, 0.6) is 0 Å². The minimum Gasteiger partial charge on any atom is -0.456 e. The molecule has 88 heavy (non-hydrogen) atoms. The molecule has 0 rings (SSSR count). The molecule has 1 amide bonds. The SMILES string of the molecule is CCCCC/C=C\C/C=C\C/C=C\C/C=C\CCCCCCCCCCCC(=O)NC(COP(=O)(O)OCC[N+](C)(C)C)C(/C=C/CCCCCCCCCCCC)OC(=O)CCCCCCCCCCCCCCCCC/C=C/CCCCCCCC. The van der Waals surface area contributed by atoms with Crippen molar-refractivity contribution in [2.45, 2.75) is 373 Å². The predicted octanol–water partition coefficient (Wildman–Crippen LogP) is 24.3. The number of quaternary nitrogens is 1. The van der Waals surface area contributed by atoms with Crippen LogP contribution in [-0.4, -0.2) is 74.3 Å². The lowest BCUT2D eigenvalue weighted by Gasteiger charge is -2.27. The fourth-order valence-corrected chi connectivity index (χ4v) is 11.8. The molecule has 10 heteroatoms. The molecular weight excluding hydrogens is 1110 g/mol. The molecular formula is C78H146N2O7P+. The zero-order valence-corrected chi connectivity index (χ0v) is 59.9. The number of amides is 1. The number of nitrogens with one attached hydrogen (secondary N) is 1. The minimum absolute atomic E-state index is 0.0382. The summed E-state index contributed by atoms with van der Waals surface area (Å²) in [6.45, 7) is 7.02. The van der Waals surface area contributed by atoms with Gasteiger partial charge >= 0.3 is 13.8 Å². The number of rotatable bonds is 69. The number of likely N-dealkylation sites (N-methyl/N-ethyl adjacent to an activating group) is 1. The summed E-state index contributed by atoms with van der Waals surface area (Å²) in [6.07, 6.45) is 89.2. The number of carbonyl (C=O) groups is 2. The first-order valence-electron chi connectivity index (χ1n) is 37.8. The maximum atomic E-state index is 13.6. The van der Waals surface area contributed by atoms with E-state index in [9.17, 15) is 19.0 Å². The zero-order chi connectivity index (χ0) is 64.2. The molecule has 2 N–H and O–H groups in total. The molecule has 0 aliphatic heterocycles. The quantitative estimate of drug-likeness (QED) is 0.0205. The van der Waals surface area contributed by atoms with Gasteiger partial charge in [-0.15, -0.1) is 0 Å². The van der Waals surface area contributed by atoms with Crippen molar-refractivity contribution in [3.63, 3.8) is 0 Å². The number of esters is 1. The molecule has 0 radical (unpaired) electrons. The summed E-state index contributed by atoms with van der Waals surface area (Å²) in [6, 6.07) is -0.854. The van der Waals surface area contributed by atoms with Crippen molar-refractivity contribution in [1.82, 2.24) is 5.32 Å². The Morgan fingerprint density at radius 2 is 0.693 bits per heavy atom. The van der Waals surface area contributed by atoms with E-state index in [0.717, 1.165) is 89.9 Å².